The van der Waals surface area contributed by atoms with E-state index in [4.69, 9.17) is 0 Å². The maximum Gasteiger partial charge on any atom is 0.283 e. The number of anilines is 1. The molecule has 0 aliphatic carbocycles. The van der Waals surface area contributed by atoms with Gasteiger partial charge in [0.2, 0.25) is 0 Å². The van der Waals surface area contributed by atoms with Crippen molar-refractivity contribution in [1.82, 2.24) is 29.5 Å². The third-order valence-electron chi connectivity index (χ3n) is 7.72. The number of aliphatic hydroxyl groups excluding tert-OH is 1. The lowest BCUT2D eigenvalue weighted by atomic mass is 9.78. The Morgan fingerprint density at radius 1 is 1.11 bits per heavy atom. The van der Waals surface area contributed by atoms with Gasteiger partial charge in [-0.1, -0.05) is 20.8 Å². The molecule has 3 aromatic heterocycles. The molecule has 1 atom stereocenters. The van der Waals surface area contributed by atoms with Crippen LogP contribution in [0.2, 0.25) is 0 Å². The van der Waals surface area contributed by atoms with Crippen molar-refractivity contribution >= 4 is 28.4 Å². The Labute approximate surface area is 253 Å². The van der Waals surface area contributed by atoms with Crippen LogP contribution >= 0.6 is 0 Å². The molecule has 4 heterocycles. The van der Waals surface area contributed by atoms with Gasteiger partial charge >= 0.3 is 0 Å². The van der Waals surface area contributed by atoms with Crippen LogP contribution in [0.25, 0.3) is 16.6 Å². The zero-order chi connectivity index (χ0) is 32.0. The van der Waals surface area contributed by atoms with Gasteiger partial charge in [0.05, 0.1) is 29.2 Å². The van der Waals surface area contributed by atoms with E-state index in [9.17, 15) is 19.5 Å². The minimum absolute atomic E-state index is 0.0998. The fraction of sp³-hybridized carbons (Fsp3) is 0.312. The van der Waals surface area contributed by atoms with Gasteiger partial charge in [-0.25, -0.2) is 14.4 Å². The van der Waals surface area contributed by atoms with Crippen molar-refractivity contribution in [2.24, 2.45) is 0 Å². The highest BCUT2D eigenvalue weighted by molar-refractivity contribution is 5.98. The van der Waals surface area contributed by atoms with Gasteiger partial charge in [0.1, 0.15) is 17.3 Å². The van der Waals surface area contributed by atoms with Gasteiger partial charge in [0.25, 0.3) is 17.4 Å². The zero-order valence-electron chi connectivity index (χ0n) is 25.4. The number of carbonyl (C=O) groups excluding carboxylic acids is 2. The molecule has 0 saturated heterocycles. The molecule has 0 bridgehead atoms. The molecule has 0 radical (unpaired) electrons. The number of amides is 2. The number of carbonyl (C=O) groups is 2. The Hall–Kier alpha value is -4.97. The van der Waals surface area contributed by atoms with Crippen molar-refractivity contribution in [2.75, 3.05) is 39.6 Å². The average molecular weight is 600 g/mol. The van der Waals surface area contributed by atoms with E-state index in [-0.39, 0.29) is 47.3 Å². The largest absolute Gasteiger partial charge is 0.395 e. The van der Waals surface area contributed by atoms with Crippen molar-refractivity contribution in [3.05, 3.63) is 99.6 Å². The molecule has 2 N–H and O–H groups in total. The molecule has 0 spiro atoms. The van der Waals surface area contributed by atoms with E-state index in [1.165, 1.54) is 34.5 Å². The van der Waals surface area contributed by atoms with Gasteiger partial charge in [-0.2, -0.15) is 9.78 Å². The van der Waals surface area contributed by atoms with Crippen LogP contribution in [0, 0.1) is 5.82 Å². The quantitative estimate of drug-likeness (QED) is 0.346. The standard InChI is InChI=1S/C32H34FN7O4/c1-31(2,3)22-11-20-16-36-40(30(44)27(20)23(33)12-22)26-13-21(9-10-34-26)32(18-41)14-24(29(43)39(6)17-32)37-25-8-7-19(15-35-25)28(42)38(4)5/h7-16,41H,17-18H2,1-6H3,(H,35,37). The van der Waals surface area contributed by atoms with Crippen LogP contribution in [0.3, 0.4) is 0 Å². The molecule has 1 aliphatic rings. The van der Waals surface area contributed by atoms with Crippen molar-refractivity contribution in [2.45, 2.75) is 31.6 Å². The maximum atomic E-state index is 15.2. The number of nitrogens with zero attached hydrogens (tertiary/aromatic N) is 6. The summed E-state index contributed by atoms with van der Waals surface area (Å²) in [5.74, 6) is -0.707. The van der Waals surface area contributed by atoms with Gasteiger partial charge in [0, 0.05) is 45.5 Å². The molecular formula is C32H34FN7O4. The molecule has 228 valence electrons. The highest BCUT2D eigenvalue weighted by Gasteiger charge is 2.39. The Bertz CT molecular complexity index is 1860. The third kappa shape index (κ3) is 5.55. The molecule has 1 unspecified atom stereocenters. The topological polar surface area (TPSA) is 134 Å². The lowest BCUT2D eigenvalue weighted by Crippen LogP contribution is -2.49. The SMILES string of the molecule is CN(C)C(=O)c1ccc(NC2=CC(CO)(c3ccnc(-n4ncc5cc(C(C)(C)C)cc(F)c5c4=O)c3)CN(C)C2=O)nc1. The predicted octanol–water partition coefficient (Wildman–Crippen LogP) is 3.01. The van der Waals surface area contributed by atoms with E-state index in [2.05, 4.69) is 20.4 Å². The minimum Gasteiger partial charge on any atom is -0.395 e. The number of rotatable bonds is 6. The minimum atomic E-state index is -1.09. The number of fused-ring (bicyclic) bond motifs is 1. The number of benzene rings is 1. The number of hydrogen-bond acceptors (Lipinski definition) is 8. The average Bonchev–Trinajstić information content (AvgIpc) is 2.99. The summed E-state index contributed by atoms with van der Waals surface area (Å²) in [5, 5.41) is 18.3. The first-order chi connectivity index (χ1) is 20.7. The molecule has 5 rings (SSSR count). The molecule has 12 heteroatoms. The summed E-state index contributed by atoms with van der Waals surface area (Å²) in [6, 6.07) is 9.60. The van der Waals surface area contributed by atoms with E-state index in [1.807, 2.05) is 20.8 Å². The summed E-state index contributed by atoms with van der Waals surface area (Å²) in [5.41, 5.74) is -0.215. The molecule has 0 saturated carbocycles. The fourth-order valence-electron chi connectivity index (χ4n) is 5.20. The Kier molecular flexibility index (Phi) is 7.81. The maximum absolute atomic E-state index is 15.2. The number of pyridine rings is 2. The molecular weight excluding hydrogens is 565 g/mol. The Balaban J connectivity index is 1.54. The van der Waals surface area contributed by atoms with E-state index >= 15 is 4.39 Å². The van der Waals surface area contributed by atoms with Crippen LogP contribution in [-0.2, 0) is 15.6 Å². The van der Waals surface area contributed by atoms with Crippen LogP contribution in [0.4, 0.5) is 10.2 Å². The summed E-state index contributed by atoms with van der Waals surface area (Å²) in [4.78, 5) is 50.3. The third-order valence-corrected chi connectivity index (χ3v) is 7.72. The van der Waals surface area contributed by atoms with Crippen LogP contribution in [0.5, 0.6) is 0 Å². The number of aromatic nitrogens is 4. The van der Waals surface area contributed by atoms with Gasteiger partial charge in [-0.15, -0.1) is 0 Å². The van der Waals surface area contributed by atoms with E-state index < -0.39 is 16.8 Å². The monoisotopic (exact) mass is 599 g/mol. The van der Waals surface area contributed by atoms with Gasteiger partial charge in [-0.3, -0.25) is 14.4 Å². The van der Waals surface area contributed by atoms with Crippen LogP contribution in [0.1, 0.15) is 42.3 Å². The lowest BCUT2D eigenvalue weighted by Gasteiger charge is -2.38. The molecule has 1 aromatic carbocycles. The number of hydrogen-bond donors (Lipinski definition) is 2. The number of halogens is 1. The number of nitrogens with one attached hydrogen (secondary N) is 1. The van der Waals surface area contributed by atoms with E-state index in [0.29, 0.717) is 22.3 Å². The molecule has 11 nitrogen and oxygen atoms in total. The normalized spacial score (nSPS) is 17.0. The smallest absolute Gasteiger partial charge is 0.283 e. The Morgan fingerprint density at radius 2 is 1.86 bits per heavy atom. The second-order valence-corrected chi connectivity index (χ2v) is 12.2. The fourth-order valence-corrected chi connectivity index (χ4v) is 5.20. The van der Waals surface area contributed by atoms with Crippen LogP contribution in [0.15, 0.2) is 71.6 Å². The van der Waals surface area contributed by atoms with Crippen molar-refractivity contribution < 1.29 is 19.1 Å². The van der Waals surface area contributed by atoms with Gasteiger partial charge in [-0.05, 0) is 59.0 Å². The molecule has 1 aliphatic heterocycles. The first-order valence-corrected chi connectivity index (χ1v) is 14.0. The summed E-state index contributed by atoms with van der Waals surface area (Å²) >= 11 is 0. The van der Waals surface area contributed by atoms with Crippen molar-refractivity contribution in [3.8, 4) is 5.82 Å². The molecule has 2 amide bonds. The zero-order valence-corrected chi connectivity index (χ0v) is 25.4. The highest BCUT2D eigenvalue weighted by atomic mass is 19.1. The van der Waals surface area contributed by atoms with E-state index in [0.717, 1.165) is 10.2 Å². The first kappa shape index (κ1) is 30.5. The first-order valence-electron chi connectivity index (χ1n) is 14.0. The van der Waals surface area contributed by atoms with Crippen molar-refractivity contribution in [1.29, 1.82) is 0 Å². The number of likely N-dealkylation sites (N-methyl/N-ethyl adjacent to an activating group) is 1. The predicted molar refractivity (Wildman–Crippen MR) is 164 cm³/mol. The summed E-state index contributed by atoms with van der Waals surface area (Å²) < 4.78 is 16.3. The molecule has 0 fully saturated rings. The molecule has 44 heavy (non-hydrogen) atoms. The van der Waals surface area contributed by atoms with Crippen LogP contribution in [-0.4, -0.2) is 80.8 Å². The highest BCUT2D eigenvalue weighted by Crippen LogP contribution is 2.33. The summed E-state index contributed by atoms with van der Waals surface area (Å²) in [7, 11) is 4.89. The van der Waals surface area contributed by atoms with Crippen LogP contribution < -0.4 is 10.9 Å². The van der Waals surface area contributed by atoms with Gasteiger partial charge in [0.15, 0.2) is 5.82 Å². The second kappa shape index (κ2) is 11.3. The second-order valence-electron chi connectivity index (χ2n) is 12.2. The lowest BCUT2D eigenvalue weighted by molar-refractivity contribution is -0.127. The summed E-state index contributed by atoms with van der Waals surface area (Å²) in [6.45, 7) is 5.63. The van der Waals surface area contributed by atoms with E-state index in [1.54, 1.807) is 57.6 Å². The number of aliphatic hydroxyl groups is 1. The summed E-state index contributed by atoms with van der Waals surface area (Å²) in [6.07, 6.45) is 5.94. The van der Waals surface area contributed by atoms with Gasteiger partial charge < -0.3 is 20.2 Å². The van der Waals surface area contributed by atoms with Crippen molar-refractivity contribution in [3.63, 3.8) is 0 Å². The molecule has 4 aromatic rings. The Morgan fingerprint density at radius 3 is 2.50 bits per heavy atom.